The van der Waals surface area contributed by atoms with E-state index < -0.39 is 10.0 Å². The second-order valence-electron chi connectivity index (χ2n) is 5.84. The molecule has 1 saturated carbocycles. The van der Waals surface area contributed by atoms with Crippen molar-refractivity contribution in [2.45, 2.75) is 44.9 Å². The Morgan fingerprint density at radius 2 is 1.81 bits per heavy atom. The number of hydrogen-bond acceptors (Lipinski definition) is 3. The lowest BCUT2D eigenvalue weighted by atomic mass is 10.1. The third-order valence-corrected chi connectivity index (χ3v) is 5.12. The van der Waals surface area contributed by atoms with Crippen LogP contribution in [0, 0.1) is 5.92 Å². The van der Waals surface area contributed by atoms with Crippen LogP contribution < -0.4 is 10.0 Å². The highest BCUT2D eigenvalue weighted by Gasteiger charge is 2.20. The molecular formula is C16H26N2O2S. The summed E-state index contributed by atoms with van der Waals surface area (Å²) in [7, 11) is -3.21. The van der Waals surface area contributed by atoms with Crippen LogP contribution in [0.4, 0.5) is 0 Å². The Labute approximate surface area is 128 Å². The predicted molar refractivity (Wildman–Crippen MR) is 86.4 cm³/mol. The summed E-state index contributed by atoms with van der Waals surface area (Å²) in [5.41, 5.74) is 2.01. The lowest BCUT2D eigenvalue weighted by Gasteiger charge is -2.08. The standard InChI is InChI=1S/C16H26N2O2S/c1-2-17-12-15-7-9-16(10-8-15)13-21(19,20)18-11-3-4-14-5-6-14/h7-10,14,17-18H,2-6,11-13H2,1H3. The third kappa shape index (κ3) is 6.59. The fraction of sp³-hybridized carbons (Fsp3) is 0.625. The Morgan fingerprint density at radius 3 is 2.43 bits per heavy atom. The van der Waals surface area contributed by atoms with Crippen molar-refractivity contribution in [2.75, 3.05) is 13.1 Å². The molecule has 1 aromatic carbocycles. The van der Waals surface area contributed by atoms with E-state index >= 15 is 0 Å². The van der Waals surface area contributed by atoms with Crippen molar-refractivity contribution >= 4 is 10.0 Å². The number of benzene rings is 1. The Bertz CT molecular complexity index is 522. The topological polar surface area (TPSA) is 58.2 Å². The van der Waals surface area contributed by atoms with Crippen molar-refractivity contribution in [3.63, 3.8) is 0 Å². The van der Waals surface area contributed by atoms with Gasteiger partial charge >= 0.3 is 0 Å². The first-order valence-electron chi connectivity index (χ1n) is 7.85. The van der Waals surface area contributed by atoms with Crippen LogP contribution in [-0.2, 0) is 22.3 Å². The van der Waals surface area contributed by atoms with E-state index in [0.717, 1.165) is 37.4 Å². The molecule has 21 heavy (non-hydrogen) atoms. The van der Waals surface area contributed by atoms with Gasteiger partial charge in [0.25, 0.3) is 0 Å². The van der Waals surface area contributed by atoms with Gasteiger partial charge in [0.15, 0.2) is 0 Å². The number of nitrogens with one attached hydrogen (secondary N) is 2. The van der Waals surface area contributed by atoms with Crippen LogP contribution in [0.1, 0.15) is 43.7 Å². The summed E-state index contributed by atoms with van der Waals surface area (Å²) in [5.74, 6) is 0.927. The average Bonchev–Trinajstić information content (AvgIpc) is 3.27. The molecule has 1 aliphatic carbocycles. The van der Waals surface area contributed by atoms with E-state index in [2.05, 4.69) is 17.0 Å². The molecule has 5 heteroatoms. The summed E-state index contributed by atoms with van der Waals surface area (Å²) >= 11 is 0. The lowest BCUT2D eigenvalue weighted by molar-refractivity contribution is 0.572. The van der Waals surface area contributed by atoms with Crippen LogP contribution in [0.25, 0.3) is 0 Å². The molecule has 0 spiro atoms. The van der Waals surface area contributed by atoms with Crippen molar-refractivity contribution in [3.8, 4) is 0 Å². The minimum Gasteiger partial charge on any atom is -0.313 e. The molecule has 0 saturated heterocycles. The Morgan fingerprint density at radius 1 is 1.14 bits per heavy atom. The maximum atomic E-state index is 12.0. The minimum absolute atomic E-state index is 0.0674. The second kappa shape index (κ2) is 7.92. The van der Waals surface area contributed by atoms with Gasteiger partial charge in [0.05, 0.1) is 5.75 Å². The van der Waals surface area contributed by atoms with Crippen LogP contribution in [-0.4, -0.2) is 21.5 Å². The van der Waals surface area contributed by atoms with Crippen molar-refractivity contribution < 1.29 is 8.42 Å². The fourth-order valence-electron chi connectivity index (χ4n) is 2.32. The van der Waals surface area contributed by atoms with Gasteiger partial charge in [0.2, 0.25) is 10.0 Å². The van der Waals surface area contributed by atoms with Gasteiger partial charge in [-0.15, -0.1) is 0 Å². The first-order chi connectivity index (χ1) is 10.1. The molecule has 0 heterocycles. The molecule has 4 nitrogen and oxygen atoms in total. The quantitative estimate of drug-likeness (QED) is 0.653. The molecule has 0 aromatic heterocycles. The van der Waals surface area contributed by atoms with Gasteiger partial charge in [-0.25, -0.2) is 13.1 Å². The van der Waals surface area contributed by atoms with E-state index in [1.54, 1.807) is 0 Å². The summed E-state index contributed by atoms with van der Waals surface area (Å²) in [4.78, 5) is 0. The van der Waals surface area contributed by atoms with E-state index in [1.807, 2.05) is 24.3 Å². The maximum Gasteiger partial charge on any atom is 0.215 e. The lowest BCUT2D eigenvalue weighted by Crippen LogP contribution is -2.26. The summed E-state index contributed by atoms with van der Waals surface area (Å²) < 4.78 is 26.7. The summed E-state index contributed by atoms with van der Waals surface area (Å²) in [6.45, 7) is 4.39. The van der Waals surface area contributed by atoms with Crippen LogP contribution in [0.2, 0.25) is 0 Å². The van der Waals surface area contributed by atoms with Gasteiger partial charge in [-0.05, 0) is 36.4 Å². The van der Waals surface area contributed by atoms with Crippen LogP contribution in [0.3, 0.4) is 0 Å². The molecule has 0 bridgehead atoms. The third-order valence-electron chi connectivity index (χ3n) is 3.77. The van der Waals surface area contributed by atoms with Crippen molar-refractivity contribution in [3.05, 3.63) is 35.4 Å². The van der Waals surface area contributed by atoms with Gasteiger partial charge < -0.3 is 5.32 Å². The first-order valence-corrected chi connectivity index (χ1v) is 9.50. The fourth-order valence-corrected chi connectivity index (χ4v) is 3.51. The first kappa shape index (κ1) is 16.5. The summed E-state index contributed by atoms with van der Waals surface area (Å²) in [5, 5.41) is 3.25. The monoisotopic (exact) mass is 310 g/mol. The van der Waals surface area contributed by atoms with E-state index in [1.165, 1.54) is 18.4 Å². The summed E-state index contributed by atoms with van der Waals surface area (Å²) in [6.07, 6.45) is 4.76. The summed E-state index contributed by atoms with van der Waals surface area (Å²) in [6, 6.07) is 7.77. The maximum absolute atomic E-state index is 12.0. The van der Waals surface area contributed by atoms with Crippen molar-refractivity contribution in [2.24, 2.45) is 5.92 Å². The predicted octanol–water partition coefficient (Wildman–Crippen LogP) is 2.41. The van der Waals surface area contributed by atoms with Crippen molar-refractivity contribution in [1.82, 2.24) is 10.0 Å². The van der Waals surface area contributed by atoms with Gasteiger partial charge in [0, 0.05) is 13.1 Å². The van der Waals surface area contributed by atoms with Crippen LogP contribution >= 0.6 is 0 Å². The van der Waals surface area contributed by atoms with E-state index in [-0.39, 0.29) is 5.75 Å². The van der Waals surface area contributed by atoms with E-state index in [9.17, 15) is 8.42 Å². The Kier molecular flexibility index (Phi) is 6.21. The SMILES string of the molecule is CCNCc1ccc(CS(=O)(=O)NCCCC2CC2)cc1. The molecule has 1 fully saturated rings. The van der Waals surface area contributed by atoms with Gasteiger partial charge in [-0.3, -0.25) is 0 Å². The smallest absolute Gasteiger partial charge is 0.215 e. The van der Waals surface area contributed by atoms with Crippen LogP contribution in [0.5, 0.6) is 0 Å². The highest BCUT2D eigenvalue weighted by atomic mass is 32.2. The number of sulfonamides is 1. The zero-order valence-corrected chi connectivity index (χ0v) is 13.6. The molecule has 0 aliphatic heterocycles. The zero-order valence-electron chi connectivity index (χ0n) is 12.8. The molecule has 2 N–H and O–H groups in total. The zero-order chi connectivity index (χ0) is 15.1. The molecule has 0 unspecified atom stereocenters. The average molecular weight is 310 g/mol. The molecular weight excluding hydrogens is 284 g/mol. The molecule has 0 amide bonds. The van der Waals surface area contributed by atoms with Gasteiger partial charge in [-0.1, -0.05) is 44.0 Å². The molecule has 0 radical (unpaired) electrons. The Hall–Kier alpha value is -0.910. The molecule has 118 valence electrons. The van der Waals surface area contributed by atoms with Crippen LogP contribution in [0.15, 0.2) is 24.3 Å². The van der Waals surface area contributed by atoms with E-state index in [4.69, 9.17) is 0 Å². The Balaban J connectivity index is 1.75. The van der Waals surface area contributed by atoms with Gasteiger partial charge in [0.1, 0.15) is 0 Å². The second-order valence-corrected chi connectivity index (χ2v) is 7.64. The van der Waals surface area contributed by atoms with Crippen molar-refractivity contribution in [1.29, 1.82) is 0 Å². The van der Waals surface area contributed by atoms with Gasteiger partial charge in [-0.2, -0.15) is 0 Å². The normalized spacial score (nSPS) is 15.3. The highest BCUT2D eigenvalue weighted by Crippen LogP contribution is 2.33. The molecule has 0 atom stereocenters. The molecule has 1 aromatic rings. The number of hydrogen-bond donors (Lipinski definition) is 2. The van der Waals surface area contributed by atoms with E-state index in [0.29, 0.717) is 6.54 Å². The minimum atomic E-state index is -3.21. The molecule has 2 rings (SSSR count). The largest absolute Gasteiger partial charge is 0.313 e. The number of rotatable bonds is 10. The highest BCUT2D eigenvalue weighted by molar-refractivity contribution is 7.88. The molecule has 1 aliphatic rings.